The lowest BCUT2D eigenvalue weighted by Crippen LogP contribution is -2.32. The molecule has 0 N–H and O–H groups in total. The lowest BCUT2D eigenvalue weighted by molar-refractivity contribution is -0.145. The number of nitrogens with zero attached hydrogens (tertiary/aromatic N) is 5. The van der Waals surface area contributed by atoms with Crippen molar-refractivity contribution in [3.63, 3.8) is 0 Å². The summed E-state index contributed by atoms with van der Waals surface area (Å²) in [6, 6.07) is 17.5. The SMILES string of the molecule is CCOC(=O)CN(Cc1cc(Br)cc(CN(CC(=O)OCC)Cc2cc(-c3ccco3)cc(C(=O)OCC)n2)n1)Cc1cc(-c2ccco2)cc(C(=O)OCC)n1. The standard InChI is InChI=1S/C41H44BrN5O10/c1-5-52-38(48)25-46(21-30-15-27(36-11-9-13-56-36)17-34(44-30)40(50)54-7-3)23-32-19-29(42)20-33(43-32)24-47(26-39(49)53-6-2)22-31-16-28(37-12-10-14-57-37)18-35(45-31)41(51)55-8-4/h9-20H,5-8,21-26H2,1-4H3. The molecule has 0 unspecified atom stereocenters. The Balaban J connectivity index is 1.45. The highest BCUT2D eigenvalue weighted by Crippen LogP contribution is 2.25. The Kier molecular flexibility index (Phi) is 15.6. The van der Waals surface area contributed by atoms with E-state index in [1.165, 1.54) is 12.5 Å². The Hall–Kier alpha value is -5.71. The summed E-state index contributed by atoms with van der Waals surface area (Å²) in [6.07, 6.45) is 3.07. The number of ether oxygens (including phenoxy) is 4. The van der Waals surface area contributed by atoms with Gasteiger partial charge in [0, 0.05) is 41.8 Å². The van der Waals surface area contributed by atoms with Crippen molar-refractivity contribution in [3.05, 3.63) is 112 Å². The maximum absolute atomic E-state index is 12.9. The number of rotatable bonds is 20. The molecular weight excluding hydrogens is 802 g/mol. The fraction of sp³-hybridized carbons (Fsp3) is 0.341. The molecule has 5 aromatic heterocycles. The first-order valence-electron chi connectivity index (χ1n) is 18.4. The smallest absolute Gasteiger partial charge is 0.356 e. The molecule has 0 spiro atoms. The van der Waals surface area contributed by atoms with Crippen LogP contribution in [0, 0.1) is 0 Å². The number of furan rings is 2. The van der Waals surface area contributed by atoms with E-state index in [-0.39, 0.29) is 77.1 Å². The molecule has 0 aromatic carbocycles. The highest BCUT2D eigenvalue weighted by atomic mass is 79.9. The molecule has 0 aliphatic rings. The second-order valence-electron chi connectivity index (χ2n) is 12.5. The van der Waals surface area contributed by atoms with Gasteiger partial charge in [-0.2, -0.15) is 0 Å². The minimum atomic E-state index is -0.588. The van der Waals surface area contributed by atoms with E-state index in [0.717, 1.165) is 0 Å². The van der Waals surface area contributed by atoms with Crippen LogP contribution < -0.4 is 0 Å². The Morgan fingerprint density at radius 1 is 0.561 bits per heavy atom. The third-order valence-electron chi connectivity index (χ3n) is 8.09. The van der Waals surface area contributed by atoms with E-state index >= 15 is 0 Å². The Labute approximate surface area is 338 Å². The van der Waals surface area contributed by atoms with Crippen molar-refractivity contribution in [1.29, 1.82) is 0 Å². The van der Waals surface area contributed by atoms with Crippen molar-refractivity contribution in [2.24, 2.45) is 0 Å². The molecule has 0 bridgehead atoms. The monoisotopic (exact) mass is 845 g/mol. The van der Waals surface area contributed by atoms with Crippen molar-refractivity contribution in [3.8, 4) is 22.6 Å². The minimum Gasteiger partial charge on any atom is -0.465 e. The van der Waals surface area contributed by atoms with Crippen LogP contribution in [0.3, 0.4) is 0 Å². The van der Waals surface area contributed by atoms with Crippen LogP contribution in [0.4, 0.5) is 0 Å². The molecule has 0 atom stereocenters. The highest BCUT2D eigenvalue weighted by Gasteiger charge is 2.22. The average molecular weight is 847 g/mol. The molecule has 0 amide bonds. The fourth-order valence-electron chi connectivity index (χ4n) is 5.93. The lowest BCUT2D eigenvalue weighted by atomic mass is 10.1. The molecule has 15 nitrogen and oxygen atoms in total. The van der Waals surface area contributed by atoms with Gasteiger partial charge in [0.2, 0.25) is 0 Å². The van der Waals surface area contributed by atoms with E-state index < -0.39 is 23.9 Å². The number of hydrogen-bond acceptors (Lipinski definition) is 15. The van der Waals surface area contributed by atoms with Gasteiger partial charge in [0.15, 0.2) is 0 Å². The Bertz CT molecular complexity index is 1980. The van der Waals surface area contributed by atoms with Gasteiger partial charge >= 0.3 is 23.9 Å². The number of aromatic nitrogens is 3. The Morgan fingerprint density at radius 3 is 1.30 bits per heavy atom. The first kappa shape index (κ1) is 42.4. The van der Waals surface area contributed by atoms with Crippen LogP contribution in [-0.2, 0) is 54.7 Å². The molecule has 0 radical (unpaired) electrons. The summed E-state index contributed by atoms with van der Waals surface area (Å²) in [5, 5.41) is 0. The highest BCUT2D eigenvalue weighted by molar-refractivity contribution is 9.10. The van der Waals surface area contributed by atoms with E-state index in [2.05, 4.69) is 25.9 Å². The normalized spacial score (nSPS) is 11.1. The fourth-order valence-corrected chi connectivity index (χ4v) is 6.46. The van der Waals surface area contributed by atoms with Crippen LogP contribution in [0.5, 0.6) is 0 Å². The van der Waals surface area contributed by atoms with Crippen LogP contribution in [0.2, 0.25) is 0 Å². The van der Waals surface area contributed by atoms with Gasteiger partial charge in [0.1, 0.15) is 22.9 Å². The van der Waals surface area contributed by atoms with Crippen molar-refractivity contribution in [2.75, 3.05) is 39.5 Å². The van der Waals surface area contributed by atoms with Gasteiger partial charge in [-0.05, 0) is 88.4 Å². The van der Waals surface area contributed by atoms with E-state index in [9.17, 15) is 19.2 Å². The molecule has 300 valence electrons. The van der Waals surface area contributed by atoms with Crippen LogP contribution in [0.25, 0.3) is 22.6 Å². The Morgan fingerprint density at radius 2 is 0.947 bits per heavy atom. The minimum absolute atomic E-state index is 0.0972. The molecule has 0 saturated heterocycles. The number of carbonyl (C=O) groups excluding carboxylic acids is 4. The summed E-state index contributed by atoms with van der Waals surface area (Å²) in [4.78, 5) is 69.0. The van der Waals surface area contributed by atoms with Gasteiger partial charge in [-0.3, -0.25) is 24.4 Å². The molecule has 16 heteroatoms. The van der Waals surface area contributed by atoms with Crippen LogP contribution >= 0.6 is 15.9 Å². The molecule has 5 heterocycles. The van der Waals surface area contributed by atoms with Crippen LogP contribution in [0.15, 0.2) is 86.5 Å². The van der Waals surface area contributed by atoms with E-state index in [1.54, 1.807) is 86.0 Å². The number of hydrogen-bond donors (Lipinski definition) is 0. The molecule has 0 aliphatic carbocycles. The van der Waals surface area contributed by atoms with Gasteiger partial charge in [0.05, 0.1) is 74.8 Å². The quantitative estimate of drug-likeness (QED) is 0.0602. The van der Waals surface area contributed by atoms with E-state index in [0.29, 0.717) is 49.9 Å². The number of pyridine rings is 3. The van der Waals surface area contributed by atoms with Gasteiger partial charge in [-0.1, -0.05) is 15.9 Å². The second-order valence-corrected chi connectivity index (χ2v) is 13.4. The van der Waals surface area contributed by atoms with E-state index in [1.807, 2.05) is 12.1 Å². The molecule has 5 aromatic rings. The summed E-state index contributed by atoms with van der Waals surface area (Å²) < 4.78 is 33.0. The van der Waals surface area contributed by atoms with Gasteiger partial charge in [-0.15, -0.1) is 0 Å². The molecular formula is C41H44BrN5O10. The van der Waals surface area contributed by atoms with Crippen molar-refractivity contribution in [1.82, 2.24) is 24.8 Å². The average Bonchev–Trinajstić information content (AvgIpc) is 3.91. The third-order valence-corrected chi connectivity index (χ3v) is 8.55. The molecule has 5 rings (SSSR count). The first-order chi connectivity index (χ1) is 27.6. The summed E-state index contributed by atoms with van der Waals surface area (Å²) >= 11 is 3.61. The second kappa shape index (κ2) is 21.0. The summed E-state index contributed by atoms with van der Waals surface area (Å²) in [5.41, 5.74) is 3.58. The van der Waals surface area contributed by atoms with Crippen molar-refractivity contribution >= 4 is 39.8 Å². The van der Waals surface area contributed by atoms with Crippen molar-refractivity contribution in [2.45, 2.75) is 53.9 Å². The third kappa shape index (κ3) is 12.6. The van der Waals surface area contributed by atoms with Gasteiger partial charge < -0.3 is 27.8 Å². The largest absolute Gasteiger partial charge is 0.465 e. The predicted molar refractivity (Wildman–Crippen MR) is 209 cm³/mol. The molecule has 0 aliphatic heterocycles. The van der Waals surface area contributed by atoms with Crippen LogP contribution in [-0.4, -0.2) is 88.1 Å². The summed E-state index contributed by atoms with van der Waals surface area (Å²) in [5.74, 6) is -1.01. The number of esters is 4. The van der Waals surface area contributed by atoms with Crippen LogP contribution in [0.1, 0.15) is 71.4 Å². The first-order valence-corrected chi connectivity index (χ1v) is 19.2. The maximum Gasteiger partial charge on any atom is 0.356 e. The van der Waals surface area contributed by atoms with Crippen molar-refractivity contribution < 1.29 is 47.0 Å². The zero-order valence-electron chi connectivity index (χ0n) is 32.2. The summed E-state index contributed by atoms with van der Waals surface area (Å²) in [7, 11) is 0. The van der Waals surface area contributed by atoms with E-state index in [4.69, 9.17) is 32.8 Å². The predicted octanol–water partition coefficient (Wildman–Crippen LogP) is 6.64. The zero-order chi connectivity index (χ0) is 40.7. The van der Waals surface area contributed by atoms with Gasteiger partial charge in [-0.25, -0.2) is 19.6 Å². The lowest BCUT2D eigenvalue weighted by Gasteiger charge is -2.23. The maximum atomic E-state index is 12.9. The topological polar surface area (TPSA) is 177 Å². The number of halogens is 1. The summed E-state index contributed by atoms with van der Waals surface area (Å²) in [6.45, 7) is 8.05. The molecule has 0 fully saturated rings. The molecule has 57 heavy (non-hydrogen) atoms. The zero-order valence-corrected chi connectivity index (χ0v) is 33.8. The molecule has 0 saturated carbocycles. The number of carbonyl (C=O) groups is 4. The van der Waals surface area contributed by atoms with Gasteiger partial charge in [0.25, 0.3) is 0 Å².